The van der Waals surface area contributed by atoms with E-state index in [0.717, 1.165) is 16.0 Å². The molecule has 2 aliphatic rings. The number of aryl methyl sites for hydroxylation is 1. The van der Waals surface area contributed by atoms with Gasteiger partial charge in [-0.1, -0.05) is 48.0 Å². The minimum Gasteiger partial charge on any atom is -0.333 e. The van der Waals surface area contributed by atoms with Crippen molar-refractivity contribution in [3.8, 4) is 0 Å². The van der Waals surface area contributed by atoms with Gasteiger partial charge in [-0.15, -0.1) is 0 Å². The van der Waals surface area contributed by atoms with Crippen molar-refractivity contribution in [1.29, 1.82) is 0 Å². The average Bonchev–Trinajstić information content (AvgIpc) is 3.25. The van der Waals surface area contributed by atoms with Crippen LogP contribution in [0.3, 0.4) is 0 Å². The fourth-order valence-corrected chi connectivity index (χ4v) is 6.09. The molecule has 2 saturated heterocycles. The highest BCUT2D eigenvalue weighted by Crippen LogP contribution is 2.27. The van der Waals surface area contributed by atoms with Gasteiger partial charge in [-0.2, -0.15) is 0 Å². The van der Waals surface area contributed by atoms with Crippen molar-refractivity contribution in [2.24, 2.45) is 0 Å². The molecule has 2 aromatic rings. The molecule has 9 heteroatoms. The first-order valence-corrected chi connectivity index (χ1v) is 12.7. The smallest absolute Gasteiger partial charge is 0.332 e. The highest BCUT2D eigenvalue weighted by molar-refractivity contribution is 7.91. The first-order chi connectivity index (χ1) is 15.7. The number of carbonyl (C=O) groups excluding carboxylic acids is 3. The monoisotopic (exact) mass is 469 g/mol. The Morgan fingerprint density at radius 1 is 1.06 bits per heavy atom. The van der Waals surface area contributed by atoms with E-state index in [9.17, 15) is 22.8 Å². The molecule has 0 N–H and O–H groups in total. The van der Waals surface area contributed by atoms with Gasteiger partial charge in [0.05, 0.1) is 11.5 Å². The molecular formula is C24H27N3O5S. The topological polar surface area (TPSA) is 95.1 Å². The van der Waals surface area contributed by atoms with Crippen LogP contribution in [0.2, 0.25) is 0 Å². The van der Waals surface area contributed by atoms with Gasteiger partial charge < -0.3 is 4.90 Å². The minimum atomic E-state index is -3.22. The predicted octanol–water partition coefficient (Wildman–Crippen LogP) is 2.37. The molecule has 0 bridgehead atoms. The van der Waals surface area contributed by atoms with Crippen LogP contribution in [-0.2, 0) is 26.0 Å². The van der Waals surface area contributed by atoms with Crippen LogP contribution in [0, 0.1) is 6.92 Å². The zero-order valence-electron chi connectivity index (χ0n) is 18.7. The molecule has 2 heterocycles. The molecule has 2 aromatic carbocycles. The Morgan fingerprint density at radius 2 is 1.73 bits per heavy atom. The maximum atomic E-state index is 13.4. The van der Waals surface area contributed by atoms with Crippen LogP contribution in [-0.4, -0.2) is 66.2 Å². The number of amides is 4. The number of hydrogen-bond acceptors (Lipinski definition) is 5. The summed E-state index contributed by atoms with van der Waals surface area (Å²) < 4.78 is 24.1. The largest absolute Gasteiger partial charge is 0.333 e. The number of rotatable bonds is 6. The second kappa shape index (κ2) is 8.97. The van der Waals surface area contributed by atoms with E-state index in [1.807, 2.05) is 49.4 Å². The van der Waals surface area contributed by atoms with Crippen molar-refractivity contribution in [2.45, 2.75) is 38.9 Å². The lowest BCUT2D eigenvalue weighted by Gasteiger charge is -2.30. The lowest BCUT2D eigenvalue weighted by atomic mass is 10.1. The molecule has 0 saturated carbocycles. The zero-order chi connectivity index (χ0) is 23.8. The van der Waals surface area contributed by atoms with Gasteiger partial charge in [-0.3, -0.25) is 19.4 Å². The first-order valence-electron chi connectivity index (χ1n) is 10.9. The summed E-state index contributed by atoms with van der Waals surface area (Å²) in [6.07, 6.45) is 0.342. The van der Waals surface area contributed by atoms with Crippen LogP contribution in [0.5, 0.6) is 0 Å². The van der Waals surface area contributed by atoms with Gasteiger partial charge >= 0.3 is 6.03 Å². The molecule has 174 valence electrons. The van der Waals surface area contributed by atoms with E-state index in [-0.39, 0.29) is 18.1 Å². The summed E-state index contributed by atoms with van der Waals surface area (Å²) in [6.45, 7) is 3.36. The Kier molecular flexibility index (Phi) is 6.25. The van der Waals surface area contributed by atoms with Gasteiger partial charge in [0.25, 0.3) is 5.91 Å². The standard InChI is InChI=1S/C24H27N3O5S/c1-17-8-10-20(11-9-17)27-18(2)23(29)26(24(27)30)15-22(28)25(14-19-6-4-3-5-7-19)21-12-13-33(31,32)16-21/h3-11,18,21H,12-16H2,1-2H3/t18-,21+/m1/s1. The third-order valence-corrected chi connectivity index (χ3v) is 7.97. The van der Waals surface area contributed by atoms with E-state index in [2.05, 4.69) is 0 Å². The molecule has 0 unspecified atom stereocenters. The highest BCUT2D eigenvalue weighted by atomic mass is 32.2. The second-order valence-corrected chi connectivity index (χ2v) is 10.9. The van der Waals surface area contributed by atoms with Crippen molar-refractivity contribution in [2.75, 3.05) is 23.0 Å². The Labute approximate surface area is 193 Å². The normalized spacial score (nSPS) is 22.1. The Balaban J connectivity index is 1.56. The van der Waals surface area contributed by atoms with E-state index >= 15 is 0 Å². The number of carbonyl (C=O) groups is 3. The van der Waals surface area contributed by atoms with Gasteiger partial charge in [0.2, 0.25) is 5.91 Å². The summed E-state index contributed by atoms with van der Waals surface area (Å²) in [7, 11) is -3.22. The maximum Gasteiger partial charge on any atom is 0.332 e. The van der Waals surface area contributed by atoms with Crippen molar-refractivity contribution in [3.63, 3.8) is 0 Å². The molecule has 33 heavy (non-hydrogen) atoms. The fraction of sp³-hybridized carbons (Fsp3) is 0.375. The third-order valence-electron chi connectivity index (χ3n) is 6.22. The Morgan fingerprint density at radius 3 is 2.33 bits per heavy atom. The molecular weight excluding hydrogens is 442 g/mol. The lowest BCUT2D eigenvalue weighted by Crippen LogP contribution is -2.47. The van der Waals surface area contributed by atoms with Crippen molar-refractivity contribution < 1.29 is 22.8 Å². The number of imide groups is 1. The van der Waals surface area contributed by atoms with Crippen LogP contribution < -0.4 is 4.90 Å². The van der Waals surface area contributed by atoms with Crippen LogP contribution in [0.1, 0.15) is 24.5 Å². The summed E-state index contributed by atoms with van der Waals surface area (Å²) in [5, 5.41) is 0. The van der Waals surface area contributed by atoms with Gasteiger partial charge in [0.15, 0.2) is 9.84 Å². The average molecular weight is 470 g/mol. The van der Waals surface area contributed by atoms with Gasteiger partial charge in [-0.05, 0) is 38.0 Å². The number of urea groups is 1. The van der Waals surface area contributed by atoms with Gasteiger partial charge in [0, 0.05) is 18.3 Å². The van der Waals surface area contributed by atoms with E-state index in [1.165, 1.54) is 9.80 Å². The summed E-state index contributed by atoms with van der Waals surface area (Å²) in [6, 6.07) is 14.8. The number of sulfone groups is 1. The molecule has 2 atom stereocenters. The number of anilines is 1. The summed E-state index contributed by atoms with van der Waals surface area (Å²) in [5.41, 5.74) is 2.47. The zero-order valence-corrected chi connectivity index (χ0v) is 19.5. The second-order valence-electron chi connectivity index (χ2n) is 8.65. The number of hydrogen-bond donors (Lipinski definition) is 0. The van der Waals surface area contributed by atoms with E-state index in [1.54, 1.807) is 19.1 Å². The van der Waals surface area contributed by atoms with Crippen LogP contribution in [0.4, 0.5) is 10.5 Å². The molecule has 2 aliphatic heterocycles. The molecule has 4 rings (SSSR count). The van der Waals surface area contributed by atoms with E-state index < -0.39 is 46.3 Å². The molecule has 8 nitrogen and oxygen atoms in total. The van der Waals surface area contributed by atoms with Gasteiger partial charge in [0.1, 0.15) is 12.6 Å². The first kappa shape index (κ1) is 23.0. The predicted molar refractivity (Wildman–Crippen MR) is 124 cm³/mol. The van der Waals surface area contributed by atoms with Crippen LogP contribution >= 0.6 is 0 Å². The Hall–Kier alpha value is -3.20. The fourth-order valence-electron chi connectivity index (χ4n) is 4.36. The molecule has 0 radical (unpaired) electrons. The summed E-state index contributed by atoms with van der Waals surface area (Å²) in [4.78, 5) is 43.2. The lowest BCUT2D eigenvalue weighted by molar-refractivity contribution is -0.139. The summed E-state index contributed by atoms with van der Waals surface area (Å²) >= 11 is 0. The van der Waals surface area contributed by atoms with Crippen molar-refractivity contribution >= 4 is 33.4 Å². The maximum absolute atomic E-state index is 13.4. The van der Waals surface area contributed by atoms with E-state index in [4.69, 9.17) is 0 Å². The van der Waals surface area contributed by atoms with Crippen LogP contribution in [0.25, 0.3) is 0 Å². The van der Waals surface area contributed by atoms with Crippen molar-refractivity contribution in [1.82, 2.24) is 9.80 Å². The summed E-state index contributed by atoms with van der Waals surface area (Å²) in [5.74, 6) is -0.983. The SMILES string of the molecule is Cc1ccc(N2C(=O)N(CC(=O)N(Cc3ccccc3)[C@H]3CCS(=O)(=O)C3)C(=O)[C@H]2C)cc1. The minimum absolute atomic E-state index is 0.0239. The van der Waals surface area contributed by atoms with E-state index in [0.29, 0.717) is 12.1 Å². The third kappa shape index (κ3) is 4.78. The van der Waals surface area contributed by atoms with Gasteiger partial charge in [-0.25, -0.2) is 13.2 Å². The number of benzene rings is 2. The Bertz CT molecular complexity index is 1160. The molecule has 2 fully saturated rings. The molecule has 0 spiro atoms. The quantitative estimate of drug-likeness (QED) is 0.606. The number of nitrogens with zero attached hydrogens (tertiary/aromatic N) is 3. The molecule has 0 aliphatic carbocycles. The highest BCUT2D eigenvalue weighted by Gasteiger charge is 2.45. The van der Waals surface area contributed by atoms with Crippen molar-refractivity contribution in [3.05, 3.63) is 65.7 Å². The molecule has 0 aromatic heterocycles. The van der Waals surface area contributed by atoms with Crippen LogP contribution in [0.15, 0.2) is 54.6 Å². The molecule has 4 amide bonds.